The normalized spacial score (nSPS) is 15.8. The van der Waals surface area contributed by atoms with E-state index in [1.54, 1.807) is 13.2 Å². The van der Waals surface area contributed by atoms with Gasteiger partial charge in [-0.25, -0.2) is 0 Å². The third-order valence-electron chi connectivity index (χ3n) is 5.37. The molecule has 1 aliphatic rings. The predicted molar refractivity (Wildman–Crippen MR) is 125 cm³/mol. The second kappa shape index (κ2) is 9.94. The molecule has 0 N–H and O–H groups in total. The largest absolute Gasteiger partial charge is 0.497 e. The van der Waals surface area contributed by atoms with Crippen LogP contribution in [0.5, 0.6) is 5.75 Å². The lowest BCUT2D eigenvalue weighted by atomic mass is 10.2. The van der Waals surface area contributed by atoms with Gasteiger partial charge in [0, 0.05) is 12.2 Å². The third-order valence-corrected chi connectivity index (χ3v) is 6.65. The van der Waals surface area contributed by atoms with Crippen molar-refractivity contribution in [2.45, 2.75) is 36.4 Å². The van der Waals surface area contributed by atoms with Crippen molar-refractivity contribution in [3.63, 3.8) is 0 Å². The van der Waals surface area contributed by atoms with Crippen molar-refractivity contribution in [2.75, 3.05) is 13.7 Å². The maximum Gasteiger partial charge on any atom is 0.249 e. The summed E-state index contributed by atoms with van der Waals surface area (Å²) in [5.74, 6) is 2.94. The first-order valence-corrected chi connectivity index (χ1v) is 12.0. The summed E-state index contributed by atoms with van der Waals surface area (Å²) in [5.41, 5.74) is 1.68. The van der Waals surface area contributed by atoms with E-state index in [4.69, 9.17) is 25.5 Å². The standard InChI is InChI=1S/C23H22ClN5O3S/c1-30-16-10-8-15(9-11-16)21-26-28-23(29(21)13-17-5-4-12-31-17)33-14-20-25-27-22(32-20)18-6-2-3-7-19(18)24/h2-3,6-11,17H,4-5,12-14H2,1H3/t17-/m0/s1. The summed E-state index contributed by atoms with van der Waals surface area (Å²) < 4.78 is 19.1. The summed E-state index contributed by atoms with van der Waals surface area (Å²) >= 11 is 7.75. The molecule has 5 rings (SSSR count). The van der Waals surface area contributed by atoms with Crippen molar-refractivity contribution in [1.29, 1.82) is 0 Å². The van der Waals surface area contributed by atoms with Crippen LogP contribution in [0.4, 0.5) is 0 Å². The second-order valence-electron chi connectivity index (χ2n) is 7.55. The van der Waals surface area contributed by atoms with Gasteiger partial charge in [-0.3, -0.25) is 4.57 Å². The zero-order valence-corrected chi connectivity index (χ0v) is 19.6. The van der Waals surface area contributed by atoms with E-state index < -0.39 is 0 Å². The molecule has 33 heavy (non-hydrogen) atoms. The summed E-state index contributed by atoms with van der Waals surface area (Å²) in [6.07, 6.45) is 2.24. The van der Waals surface area contributed by atoms with Crippen molar-refractivity contribution < 1.29 is 13.9 Å². The molecule has 2 aromatic carbocycles. The number of methoxy groups -OCH3 is 1. The zero-order chi connectivity index (χ0) is 22.6. The number of halogens is 1. The van der Waals surface area contributed by atoms with Crippen LogP contribution in [0, 0.1) is 0 Å². The predicted octanol–water partition coefficient (Wildman–Crippen LogP) is 5.13. The van der Waals surface area contributed by atoms with Crippen LogP contribution in [0.1, 0.15) is 18.7 Å². The van der Waals surface area contributed by atoms with Gasteiger partial charge in [-0.15, -0.1) is 20.4 Å². The van der Waals surface area contributed by atoms with E-state index in [1.807, 2.05) is 42.5 Å². The highest BCUT2D eigenvalue weighted by Gasteiger charge is 2.22. The van der Waals surface area contributed by atoms with Gasteiger partial charge in [-0.1, -0.05) is 35.5 Å². The first-order chi connectivity index (χ1) is 16.2. The van der Waals surface area contributed by atoms with Gasteiger partial charge in [0.15, 0.2) is 11.0 Å². The number of hydrogen-bond donors (Lipinski definition) is 0. The van der Waals surface area contributed by atoms with Crippen LogP contribution in [-0.4, -0.2) is 44.8 Å². The first-order valence-electron chi connectivity index (χ1n) is 10.6. The van der Waals surface area contributed by atoms with Crippen LogP contribution >= 0.6 is 23.4 Å². The Morgan fingerprint density at radius 2 is 1.94 bits per heavy atom. The molecule has 170 valence electrons. The molecule has 0 aliphatic carbocycles. The summed E-state index contributed by atoms with van der Waals surface area (Å²) in [4.78, 5) is 0. The minimum absolute atomic E-state index is 0.146. The van der Waals surface area contributed by atoms with Gasteiger partial charge in [0.1, 0.15) is 5.75 Å². The van der Waals surface area contributed by atoms with Gasteiger partial charge in [-0.2, -0.15) is 0 Å². The lowest BCUT2D eigenvalue weighted by Gasteiger charge is -2.14. The molecule has 0 amide bonds. The van der Waals surface area contributed by atoms with E-state index in [9.17, 15) is 0 Å². The quantitative estimate of drug-likeness (QED) is 0.319. The number of nitrogens with zero attached hydrogens (tertiary/aromatic N) is 5. The molecule has 1 atom stereocenters. The smallest absolute Gasteiger partial charge is 0.249 e. The number of ether oxygens (including phenoxy) is 2. The Hall–Kier alpha value is -2.88. The Morgan fingerprint density at radius 1 is 1.09 bits per heavy atom. The summed E-state index contributed by atoms with van der Waals surface area (Å²) in [5, 5.41) is 18.6. The van der Waals surface area contributed by atoms with Crippen molar-refractivity contribution >= 4 is 23.4 Å². The molecule has 0 spiro atoms. The van der Waals surface area contributed by atoms with E-state index in [2.05, 4.69) is 25.0 Å². The van der Waals surface area contributed by atoms with Crippen LogP contribution < -0.4 is 4.74 Å². The van der Waals surface area contributed by atoms with Gasteiger partial charge in [-0.05, 0) is 49.2 Å². The highest BCUT2D eigenvalue weighted by molar-refractivity contribution is 7.98. The molecule has 1 saturated heterocycles. The molecule has 0 bridgehead atoms. The third kappa shape index (κ3) is 4.90. The molecule has 3 heterocycles. The van der Waals surface area contributed by atoms with E-state index in [-0.39, 0.29) is 6.10 Å². The average molecular weight is 484 g/mol. The number of benzene rings is 2. The van der Waals surface area contributed by atoms with Crippen molar-refractivity contribution in [3.05, 3.63) is 59.4 Å². The van der Waals surface area contributed by atoms with E-state index in [1.165, 1.54) is 11.8 Å². The van der Waals surface area contributed by atoms with Crippen LogP contribution in [0.3, 0.4) is 0 Å². The van der Waals surface area contributed by atoms with Gasteiger partial charge < -0.3 is 13.9 Å². The fourth-order valence-electron chi connectivity index (χ4n) is 3.69. The number of aromatic nitrogens is 5. The number of rotatable bonds is 8. The Morgan fingerprint density at radius 3 is 2.70 bits per heavy atom. The molecule has 10 heteroatoms. The number of thioether (sulfide) groups is 1. The topological polar surface area (TPSA) is 88.1 Å². The first kappa shape index (κ1) is 21.9. The molecule has 0 unspecified atom stereocenters. The van der Waals surface area contributed by atoms with Crippen molar-refractivity contribution in [1.82, 2.24) is 25.0 Å². The lowest BCUT2D eigenvalue weighted by Crippen LogP contribution is -2.16. The van der Waals surface area contributed by atoms with Crippen LogP contribution in [0.2, 0.25) is 5.02 Å². The van der Waals surface area contributed by atoms with Crippen molar-refractivity contribution in [3.8, 4) is 28.6 Å². The SMILES string of the molecule is COc1ccc(-c2nnc(SCc3nnc(-c4ccccc4Cl)o3)n2C[C@@H]2CCCO2)cc1. The Kier molecular flexibility index (Phi) is 6.61. The van der Waals surface area contributed by atoms with Gasteiger partial charge in [0.25, 0.3) is 0 Å². The molecule has 0 radical (unpaired) electrons. The molecule has 1 fully saturated rings. The summed E-state index contributed by atoms with van der Waals surface area (Å²) in [6, 6.07) is 15.2. The van der Waals surface area contributed by atoms with Gasteiger partial charge >= 0.3 is 0 Å². The Labute approximate surface area is 200 Å². The van der Waals surface area contributed by atoms with Crippen LogP contribution in [0.15, 0.2) is 58.1 Å². The van der Waals surface area contributed by atoms with Crippen LogP contribution in [0.25, 0.3) is 22.8 Å². The van der Waals surface area contributed by atoms with Gasteiger partial charge in [0.2, 0.25) is 11.8 Å². The highest BCUT2D eigenvalue weighted by atomic mass is 35.5. The Bertz CT molecular complexity index is 1220. The van der Waals surface area contributed by atoms with Crippen LogP contribution in [-0.2, 0) is 17.0 Å². The molecule has 8 nitrogen and oxygen atoms in total. The minimum atomic E-state index is 0.146. The monoisotopic (exact) mass is 483 g/mol. The second-order valence-corrected chi connectivity index (χ2v) is 8.90. The summed E-state index contributed by atoms with van der Waals surface area (Å²) in [7, 11) is 1.65. The molecule has 4 aromatic rings. The maximum atomic E-state index is 6.25. The zero-order valence-electron chi connectivity index (χ0n) is 18.0. The molecular formula is C23H22ClN5O3S. The Balaban J connectivity index is 1.37. The molecule has 2 aromatic heterocycles. The van der Waals surface area contributed by atoms with Gasteiger partial charge in [0.05, 0.1) is 36.1 Å². The summed E-state index contributed by atoms with van der Waals surface area (Å²) in [6.45, 7) is 1.48. The minimum Gasteiger partial charge on any atom is -0.497 e. The fourth-order valence-corrected chi connectivity index (χ4v) is 4.69. The van der Waals surface area contributed by atoms with Crippen molar-refractivity contribution in [2.24, 2.45) is 0 Å². The molecular weight excluding hydrogens is 462 g/mol. The molecule has 0 saturated carbocycles. The lowest BCUT2D eigenvalue weighted by molar-refractivity contribution is 0.0953. The maximum absolute atomic E-state index is 6.25. The fraction of sp³-hybridized carbons (Fsp3) is 0.304. The van der Waals surface area contributed by atoms with E-state index >= 15 is 0 Å². The molecule has 1 aliphatic heterocycles. The van der Waals surface area contributed by atoms with E-state index in [0.29, 0.717) is 34.7 Å². The highest BCUT2D eigenvalue weighted by Crippen LogP contribution is 2.31. The number of hydrogen-bond acceptors (Lipinski definition) is 8. The van der Waals surface area contributed by atoms with E-state index in [0.717, 1.165) is 41.7 Å². The average Bonchev–Trinajstić information content (AvgIpc) is 3.60.